The Labute approximate surface area is 258 Å². The molecule has 1 rings (SSSR count). The third kappa shape index (κ3) is 10.0. The van der Waals surface area contributed by atoms with Gasteiger partial charge in [0.25, 0.3) is 0 Å². The summed E-state index contributed by atoms with van der Waals surface area (Å²) in [5.74, 6) is -4.58. The van der Waals surface area contributed by atoms with E-state index in [0.717, 1.165) is 20.8 Å². The van der Waals surface area contributed by atoms with Gasteiger partial charge in [0, 0.05) is 19.3 Å². The van der Waals surface area contributed by atoms with E-state index in [4.69, 9.17) is 14.2 Å². The van der Waals surface area contributed by atoms with Crippen molar-refractivity contribution in [1.29, 1.82) is 0 Å². The topological polar surface area (TPSA) is 196 Å². The fourth-order valence-corrected chi connectivity index (χ4v) is 3.64. The number of rotatable bonds is 18. The molecule has 3 atom stereocenters. The van der Waals surface area contributed by atoms with Crippen molar-refractivity contribution in [1.82, 2.24) is 13.7 Å². The van der Waals surface area contributed by atoms with Crippen LogP contribution in [0.1, 0.15) is 78.9 Å². The van der Waals surface area contributed by atoms with Gasteiger partial charge in [-0.05, 0) is 58.3 Å². The molecule has 0 saturated heterocycles. The van der Waals surface area contributed by atoms with Crippen molar-refractivity contribution in [2.24, 2.45) is 0 Å². The maximum absolute atomic E-state index is 13.5. The molecule has 0 saturated carbocycles. The molecule has 0 aliphatic carbocycles. The Morgan fingerprint density at radius 1 is 0.511 bits per heavy atom. The lowest BCUT2D eigenvalue weighted by Crippen LogP contribution is -2.59. The van der Waals surface area contributed by atoms with Crippen LogP contribution in [0, 0.1) is 0 Å². The monoisotopic (exact) mass is 633 g/mol. The Bertz CT molecular complexity index is 1370. The van der Waals surface area contributed by atoms with Crippen LogP contribution < -0.4 is 17.1 Å². The largest absolute Gasteiger partial charge is 0.464 e. The third-order valence-corrected chi connectivity index (χ3v) is 6.57. The van der Waals surface area contributed by atoms with Crippen LogP contribution in [-0.4, -0.2) is 68.8 Å². The number of ketones is 3. The molecular formula is C30H39N3O12. The highest BCUT2D eigenvalue weighted by Crippen LogP contribution is 2.10. The molecule has 0 amide bonds. The molecule has 15 heteroatoms. The van der Waals surface area contributed by atoms with Crippen molar-refractivity contribution in [2.75, 3.05) is 19.8 Å². The minimum absolute atomic E-state index is 0.222. The molecule has 0 aliphatic rings. The number of carbonyl (C=O) groups is 6. The van der Waals surface area contributed by atoms with Gasteiger partial charge in [-0.3, -0.25) is 14.4 Å². The van der Waals surface area contributed by atoms with Crippen molar-refractivity contribution in [3.8, 4) is 0 Å². The predicted octanol–water partition coefficient (Wildman–Crippen LogP) is 1.09. The van der Waals surface area contributed by atoms with E-state index in [0.29, 0.717) is 13.7 Å². The second-order valence-electron chi connectivity index (χ2n) is 10.3. The smallest absolute Gasteiger partial charge is 0.337 e. The van der Waals surface area contributed by atoms with Crippen LogP contribution in [0.2, 0.25) is 0 Å². The maximum atomic E-state index is 13.5. The van der Waals surface area contributed by atoms with Crippen molar-refractivity contribution >= 4 is 35.3 Å². The Balaban J connectivity index is 3.59. The molecule has 15 nitrogen and oxygen atoms in total. The number of esters is 3. The van der Waals surface area contributed by atoms with Crippen LogP contribution in [0.15, 0.2) is 50.8 Å². The Morgan fingerprint density at radius 3 is 0.889 bits per heavy atom. The Kier molecular flexibility index (Phi) is 14.2. The lowest BCUT2D eigenvalue weighted by atomic mass is 10.2. The van der Waals surface area contributed by atoms with Gasteiger partial charge in [0.05, 0.1) is 19.8 Å². The summed E-state index contributed by atoms with van der Waals surface area (Å²) in [5, 5.41) is 0. The molecule has 0 aliphatic heterocycles. The Hall–Kier alpha value is -4.95. The molecule has 0 bridgehead atoms. The quantitative estimate of drug-likeness (QED) is 0.127. The molecule has 3 unspecified atom stereocenters. The summed E-state index contributed by atoms with van der Waals surface area (Å²) < 4.78 is 16.1. The van der Waals surface area contributed by atoms with Crippen LogP contribution in [0.5, 0.6) is 0 Å². The number of nitrogens with zero attached hydrogens (tertiary/aromatic N) is 3. The minimum atomic E-state index is -1.70. The number of hydrogen-bond acceptors (Lipinski definition) is 12. The number of hydrogen-bond donors (Lipinski definition) is 0. The van der Waals surface area contributed by atoms with Gasteiger partial charge in [-0.1, -0.05) is 19.7 Å². The predicted molar refractivity (Wildman–Crippen MR) is 160 cm³/mol. The molecular weight excluding hydrogens is 594 g/mol. The summed E-state index contributed by atoms with van der Waals surface area (Å²) in [6, 6.07) is -5.09. The number of Topliss-reactive ketones (excluding diaryl/α,β-unsaturated/α-hetero) is 3. The third-order valence-electron chi connectivity index (χ3n) is 6.57. The van der Waals surface area contributed by atoms with Gasteiger partial charge in [-0.15, -0.1) is 0 Å². The van der Waals surface area contributed by atoms with E-state index in [1.165, 1.54) is 20.8 Å². The fourth-order valence-electron chi connectivity index (χ4n) is 3.64. The summed E-state index contributed by atoms with van der Waals surface area (Å²) in [6.45, 7) is 16.9. The van der Waals surface area contributed by atoms with Crippen LogP contribution in [0.25, 0.3) is 0 Å². The average molecular weight is 634 g/mol. The number of aromatic nitrogens is 3. The number of ether oxygens (including phenoxy) is 3. The van der Waals surface area contributed by atoms with E-state index in [9.17, 15) is 43.2 Å². The molecule has 1 aromatic heterocycles. The molecule has 0 radical (unpaired) electrons. The number of carbonyl (C=O) groups excluding carboxylic acids is 6. The highest BCUT2D eigenvalue weighted by molar-refractivity contribution is 5.95. The first-order valence-electron chi connectivity index (χ1n) is 13.9. The summed E-state index contributed by atoms with van der Waals surface area (Å²) in [6.07, 6.45) is -0.667. The van der Waals surface area contributed by atoms with Gasteiger partial charge >= 0.3 is 35.0 Å². The fraction of sp³-hybridized carbons (Fsp3) is 0.500. The maximum Gasteiger partial charge on any atom is 0.337 e. The minimum Gasteiger partial charge on any atom is -0.464 e. The average Bonchev–Trinajstić information content (AvgIpc) is 2.95. The number of allylic oxidation sites excluding steroid dienone is 3. The zero-order valence-corrected chi connectivity index (χ0v) is 26.3. The van der Waals surface area contributed by atoms with Crippen LogP contribution in [0.4, 0.5) is 0 Å². The van der Waals surface area contributed by atoms with Crippen LogP contribution in [-0.2, 0) is 43.0 Å². The Morgan fingerprint density at radius 2 is 0.711 bits per heavy atom. The lowest BCUT2D eigenvalue weighted by Gasteiger charge is -2.22. The van der Waals surface area contributed by atoms with Gasteiger partial charge in [0.15, 0.2) is 17.3 Å². The van der Waals surface area contributed by atoms with Gasteiger partial charge in [-0.2, -0.15) is 0 Å². The second kappa shape index (κ2) is 16.8. The summed E-state index contributed by atoms with van der Waals surface area (Å²) in [5.41, 5.74) is -3.54. The first kappa shape index (κ1) is 38.1. The van der Waals surface area contributed by atoms with Crippen molar-refractivity contribution in [2.45, 2.75) is 78.9 Å². The van der Waals surface area contributed by atoms with Gasteiger partial charge in [-0.25, -0.2) is 42.5 Å². The van der Waals surface area contributed by atoms with Gasteiger partial charge in [0.2, 0.25) is 0 Å². The SMILES string of the molecule is C=C(C)C(=O)CCOC(=O)C(C)n1c(=O)n(C(C)C(=O)OCCC(=O)C(=C)C)c(=O)n(C(C)C(=O)OCCC(=O)C(=C)C)c1=O. The summed E-state index contributed by atoms with van der Waals surface area (Å²) >= 11 is 0. The molecule has 0 fully saturated rings. The van der Waals surface area contributed by atoms with Crippen molar-refractivity contribution < 1.29 is 43.0 Å². The molecule has 1 heterocycles. The van der Waals surface area contributed by atoms with Crippen LogP contribution in [0.3, 0.4) is 0 Å². The lowest BCUT2D eigenvalue weighted by molar-refractivity contribution is -0.148. The van der Waals surface area contributed by atoms with E-state index in [-0.39, 0.29) is 36.0 Å². The normalized spacial score (nSPS) is 12.7. The highest BCUT2D eigenvalue weighted by atomic mass is 16.5. The van der Waals surface area contributed by atoms with E-state index in [1.807, 2.05) is 0 Å². The first-order chi connectivity index (χ1) is 20.8. The van der Waals surface area contributed by atoms with Gasteiger partial charge in [0.1, 0.15) is 18.1 Å². The first-order valence-corrected chi connectivity index (χ1v) is 13.9. The van der Waals surface area contributed by atoms with E-state index >= 15 is 0 Å². The van der Waals surface area contributed by atoms with E-state index in [1.54, 1.807) is 0 Å². The highest BCUT2D eigenvalue weighted by Gasteiger charge is 2.32. The summed E-state index contributed by atoms with van der Waals surface area (Å²) in [4.78, 5) is 114. The molecule has 0 N–H and O–H groups in total. The zero-order chi connectivity index (χ0) is 34.8. The standard InChI is InChI=1S/C30H39N3O12/c1-16(2)22(34)10-13-43-25(37)19(7)31-28(40)32(20(8)26(38)44-14-11-23(35)17(3)4)30(42)33(29(31)41)21(9)27(39)45-15-12-24(36)18(5)6/h19-21H,1,3,5,10-15H2,2,4,6-9H3. The summed E-state index contributed by atoms with van der Waals surface area (Å²) in [7, 11) is 0. The zero-order valence-electron chi connectivity index (χ0n) is 26.3. The van der Waals surface area contributed by atoms with E-state index in [2.05, 4.69) is 19.7 Å². The molecule has 0 spiro atoms. The molecule has 45 heavy (non-hydrogen) atoms. The van der Waals surface area contributed by atoms with Gasteiger partial charge < -0.3 is 14.2 Å². The van der Waals surface area contributed by atoms with Crippen LogP contribution >= 0.6 is 0 Å². The second-order valence-corrected chi connectivity index (χ2v) is 10.3. The molecule has 1 aromatic rings. The molecule has 246 valence electrons. The molecule has 0 aromatic carbocycles. The van der Waals surface area contributed by atoms with Crippen molar-refractivity contribution in [3.63, 3.8) is 0 Å². The van der Waals surface area contributed by atoms with E-state index < -0.39 is 90.3 Å². The van der Waals surface area contributed by atoms with Crippen molar-refractivity contribution in [3.05, 3.63) is 67.9 Å².